The summed E-state index contributed by atoms with van der Waals surface area (Å²) in [5, 5.41) is 0. The topological polar surface area (TPSA) is 66.6 Å². The predicted octanol–water partition coefficient (Wildman–Crippen LogP) is 0.985. The number of primary amides is 1. The molecule has 2 N–H and O–H groups in total. The van der Waals surface area contributed by atoms with Crippen molar-refractivity contribution in [3.8, 4) is 0 Å². The third kappa shape index (κ3) is 4.29. The number of benzene rings is 1. The van der Waals surface area contributed by atoms with Crippen LogP contribution in [0.3, 0.4) is 0 Å². The minimum absolute atomic E-state index is 0.125. The van der Waals surface area contributed by atoms with Crippen molar-refractivity contribution in [2.24, 2.45) is 5.73 Å². The highest BCUT2D eigenvalue weighted by molar-refractivity contribution is 5.78. The quantitative estimate of drug-likeness (QED) is 0.879. The zero-order valence-electron chi connectivity index (χ0n) is 12.5. The van der Waals surface area contributed by atoms with Crippen LogP contribution in [0.5, 0.6) is 0 Å². The van der Waals surface area contributed by atoms with E-state index in [0.29, 0.717) is 26.1 Å². The Labute approximate surface area is 125 Å². The van der Waals surface area contributed by atoms with Crippen LogP contribution in [0.2, 0.25) is 0 Å². The second-order valence-corrected chi connectivity index (χ2v) is 5.52. The predicted molar refractivity (Wildman–Crippen MR) is 81.3 cm³/mol. The first kappa shape index (κ1) is 15.5. The summed E-state index contributed by atoms with van der Waals surface area (Å²) in [5.41, 5.74) is 6.41. The van der Waals surface area contributed by atoms with E-state index in [1.54, 1.807) is 0 Å². The Morgan fingerprint density at radius 2 is 2.05 bits per heavy atom. The Hall–Kier alpha value is -1.88. The molecule has 5 nitrogen and oxygen atoms in total. The Morgan fingerprint density at radius 1 is 1.33 bits per heavy atom. The Bertz CT molecular complexity index is 490. The number of carbonyl (C=O) groups excluding carboxylic acids is 2. The van der Waals surface area contributed by atoms with Crippen LogP contribution in [0.1, 0.15) is 25.3 Å². The van der Waals surface area contributed by atoms with Gasteiger partial charge in [-0.1, -0.05) is 37.3 Å². The van der Waals surface area contributed by atoms with Gasteiger partial charge in [0.1, 0.15) is 0 Å². The first-order valence-electron chi connectivity index (χ1n) is 7.44. The van der Waals surface area contributed by atoms with E-state index in [9.17, 15) is 9.59 Å². The minimum atomic E-state index is -0.339. The minimum Gasteiger partial charge on any atom is -0.369 e. The molecule has 1 saturated heterocycles. The Kier molecular flexibility index (Phi) is 5.33. The van der Waals surface area contributed by atoms with Gasteiger partial charge in [0.2, 0.25) is 11.8 Å². The van der Waals surface area contributed by atoms with E-state index < -0.39 is 0 Å². The van der Waals surface area contributed by atoms with Crippen LogP contribution in [-0.4, -0.2) is 47.3 Å². The highest BCUT2D eigenvalue weighted by Gasteiger charge is 2.28. The van der Waals surface area contributed by atoms with Gasteiger partial charge in [0.05, 0.1) is 6.54 Å². The van der Waals surface area contributed by atoms with Gasteiger partial charge in [-0.2, -0.15) is 0 Å². The maximum absolute atomic E-state index is 12.4. The van der Waals surface area contributed by atoms with Crippen molar-refractivity contribution in [3.63, 3.8) is 0 Å². The van der Waals surface area contributed by atoms with Crippen molar-refractivity contribution in [2.75, 3.05) is 19.6 Å². The van der Waals surface area contributed by atoms with Crippen molar-refractivity contribution in [1.29, 1.82) is 0 Å². The van der Waals surface area contributed by atoms with E-state index in [2.05, 4.69) is 6.92 Å². The molecule has 0 radical (unpaired) electrons. The smallest absolute Gasteiger partial charge is 0.231 e. The van der Waals surface area contributed by atoms with Crippen LogP contribution in [0, 0.1) is 0 Å². The van der Waals surface area contributed by atoms with E-state index in [0.717, 1.165) is 12.0 Å². The fourth-order valence-corrected chi connectivity index (χ4v) is 2.80. The molecule has 1 aliphatic rings. The zero-order valence-corrected chi connectivity index (χ0v) is 12.5. The number of hydrogen-bond donors (Lipinski definition) is 1. The van der Waals surface area contributed by atoms with Gasteiger partial charge in [-0.3, -0.25) is 14.5 Å². The summed E-state index contributed by atoms with van der Waals surface area (Å²) in [4.78, 5) is 27.4. The first-order valence-corrected chi connectivity index (χ1v) is 7.44. The van der Waals surface area contributed by atoms with Crippen LogP contribution in [0.15, 0.2) is 30.3 Å². The highest BCUT2D eigenvalue weighted by Crippen LogP contribution is 2.17. The number of hydrogen-bond acceptors (Lipinski definition) is 3. The molecule has 1 fully saturated rings. The molecule has 114 valence electrons. The first-order chi connectivity index (χ1) is 10.1. The molecule has 1 aliphatic heterocycles. The van der Waals surface area contributed by atoms with Crippen LogP contribution in [0.25, 0.3) is 0 Å². The van der Waals surface area contributed by atoms with Crippen LogP contribution in [-0.2, 0) is 16.1 Å². The number of carbonyl (C=O) groups is 2. The molecule has 1 aromatic rings. The standard InChI is InChI=1S/C16H23N3O2/c1-2-14-11-18(12-15(17)20)9-8-16(21)19(14)10-13-6-4-3-5-7-13/h3-7,14H,2,8-12H2,1H3,(H2,17,20)/t14-/m0/s1. The number of nitrogens with two attached hydrogens (primary N) is 1. The molecule has 0 aromatic heterocycles. The summed E-state index contributed by atoms with van der Waals surface area (Å²) >= 11 is 0. The Morgan fingerprint density at radius 3 is 2.67 bits per heavy atom. The molecule has 2 amide bonds. The molecule has 1 aromatic carbocycles. The van der Waals surface area contributed by atoms with Gasteiger partial charge in [0, 0.05) is 32.1 Å². The molecule has 2 rings (SSSR count). The SMILES string of the molecule is CC[C@H]1CN(CC(N)=O)CCC(=O)N1Cc1ccccc1. The van der Waals surface area contributed by atoms with Crippen molar-refractivity contribution in [1.82, 2.24) is 9.80 Å². The van der Waals surface area contributed by atoms with E-state index in [1.807, 2.05) is 40.1 Å². The maximum Gasteiger partial charge on any atom is 0.231 e. The summed E-state index contributed by atoms with van der Waals surface area (Å²) in [6, 6.07) is 10.1. The van der Waals surface area contributed by atoms with Gasteiger partial charge in [-0.05, 0) is 12.0 Å². The zero-order chi connectivity index (χ0) is 15.2. The molecule has 0 aliphatic carbocycles. The largest absolute Gasteiger partial charge is 0.369 e. The molecule has 21 heavy (non-hydrogen) atoms. The lowest BCUT2D eigenvalue weighted by molar-refractivity contribution is -0.133. The molecule has 5 heteroatoms. The third-order valence-corrected chi connectivity index (χ3v) is 3.92. The molecular weight excluding hydrogens is 266 g/mol. The third-order valence-electron chi connectivity index (χ3n) is 3.92. The van der Waals surface area contributed by atoms with Gasteiger partial charge in [-0.25, -0.2) is 0 Å². The van der Waals surface area contributed by atoms with Crippen LogP contribution < -0.4 is 5.73 Å². The number of nitrogens with zero attached hydrogens (tertiary/aromatic N) is 2. The summed E-state index contributed by atoms with van der Waals surface area (Å²) in [5.74, 6) is -0.188. The summed E-state index contributed by atoms with van der Waals surface area (Å²) in [6.45, 7) is 4.23. The monoisotopic (exact) mass is 289 g/mol. The summed E-state index contributed by atoms with van der Waals surface area (Å²) in [7, 11) is 0. The van der Waals surface area contributed by atoms with Gasteiger partial charge >= 0.3 is 0 Å². The van der Waals surface area contributed by atoms with E-state index in [4.69, 9.17) is 5.73 Å². The van der Waals surface area contributed by atoms with Crippen molar-refractivity contribution in [3.05, 3.63) is 35.9 Å². The highest BCUT2D eigenvalue weighted by atomic mass is 16.2. The lowest BCUT2D eigenvalue weighted by atomic mass is 10.1. The van der Waals surface area contributed by atoms with Gasteiger partial charge in [-0.15, -0.1) is 0 Å². The van der Waals surface area contributed by atoms with E-state index >= 15 is 0 Å². The average molecular weight is 289 g/mol. The van der Waals surface area contributed by atoms with E-state index in [1.165, 1.54) is 0 Å². The summed E-state index contributed by atoms with van der Waals surface area (Å²) in [6.07, 6.45) is 1.31. The molecule has 0 bridgehead atoms. The molecular formula is C16H23N3O2. The normalized spacial score (nSPS) is 20.3. The fraction of sp³-hybridized carbons (Fsp3) is 0.500. The van der Waals surface area contributed by atoms with Crippen molar-refractivity contribution < 1.29 is 9.59 Å². The fourth-order valence-electron chi connectivity index (χ4n) is 2.80. The second kappa shape index (κ2) is 7.22. The van der Waals surface area contributed by atoms with Crippen molar-refractivity contribution >= 4 is 11.8 Å². The van der Waals surface area contributed by atoms with E-state index in [-0.39, 0.29) is 24.4 Å². The van der Waals surface area contributed by atoms with Crippen molar-refractivity contribution in [2.45, 2.75) is 32.4 Å². The number of rotatable bonds is 5. The van der Waals surface area contributed by atoms with Gasteiger partial charge in [0.25, 0.3) is 0 Å². The maximum atomic E-state index is 12.4. The number of amides is 2. The second-order valence-electron chi connectivity index (χ2n) is 5.52. The average Bonchev–Trinajstić information content (AvgIpc) is 2.61. The van der Waals surface area contributed by atoms with Crippen LogP contribution >= 0.6 is 0 Å². The molecule has 0 unspecified atom stereocenters. The molecule has 0 spiro atoms. The summed E-state index contributed by atoms with van der Waals surface area (Å²) < 4.78 is 0. The van der Waals surface area contributed by atoms with Crippen LogP contribution in [0.4, 0.5) is 0 Å². The lowest BCUT2D eigenvalue weighted by Crippen LogP contribution is -2.44. The molecule has 0 saturated carbocycles. The Balaban J connectivity index is 2.11. The van der Waals surface area contributed by atoms with Gasteiger partial charge in [0.15, 0.2) is 0 Å². The lowest BCUT2D eigenvalue weighted by Gasteiger charge is -2.31. The van der Waals surface area contributed by atoms with Gasteiger partial charge < -0.3 is 10.6 Å². The molecule has 1 atom stereocenters. The molecule has 1 heterocycles.